The van der Waals surface area contributed by atoms with E-state index in [1.54, 1.807) is 12.1 Å². The number of hydrogen-bond acceptors (Lipinski definition) is 5. The van der Waals surface area contributed by atoms with Crippen LogP contribution in [0, 0.1) is 10.1 Å². The fourth-order valence-corrected chi connectivity index (χ4v) is 3.98. The van der Waals surface area contributed by atoms with Crippen molar-refractivity contribution in [1.29, 1.82) is 0 Å². The third-order valence-electron chi connectivity index (χ3n) is 4.89. The van der Waals surface area contributed by atoms with Crippen molar-refractivity contribution in [1.82, 2.24) is 4.98 Å². The van der Waals surface area contributed by atoms with Gasteiger partial charge >= 0.3 is 0 Å². The van der Waals surface area contributed by atoms with Crippen molar-refractivity contribution in [3.63, 3.8) is 0 Å². The maximum Gasteiger partial charge on any atom is 0.269 e. The number of carbonyl (C=O) groups is 1. The Labute approximate surface area is 183 Å². The summed E-state index contributed by atoms with van der Waals surface area (Å²) in [5.74, 6) is -0.201. The van der Waals surface area contributed by atoms with Crippen LogP contribution in [0.25, 0.3) is 11.3 Å². The molecule has 1 N–H and O–H groups in total. The summed E-state index contributed by atoms with van der Waals surface area (Å²) < 4.78 is 0. The van der Waals surface area contributed by atoms with Gasteiger partial charge in [0.2, 0.25) is 0 Å². The van der Waals surface area contributed by atoms with Gasteiger partial charge in [0.25, 0.3) is 11.6 Å². The Morgan fingerprint density at radius 2 is 1.65 bits per heavy atom. The summed E-state index contributed by atoms with van der Waals surface area (Å²) in [7, 11) is 0. The molecule has 0 spiro atoms. The average Bonchev–Trinajstić information content (AvgIpc) is 3.27. The zero-order valence-corrected chi connectivity index (χ0v) is 17.3. The summed E-state index contributed by atoms with van der Waals surface area (Å²) in [6, 6.07) is 23.9. The minimum Gasteiger partial charge on any atom is -0.298 e. The van der Waals surface area contributed by atoms with E-state index in [9.17, 15) is 14.9 Å². The molecule has 0 bridgehead atoms. The fourth-order valence-electron chi connectivity index (χ4n) is 3.27. The molecule has 0 saturated heterocycles. The third kappa shape index (κ3) is 5.02. The van der Waals surface area contributed by atoms with Gasteiger partial charge in [-0.15, -0.1) is 11.3 Å². The van der Waals surface area contributed by atoms with Crippen LogP contribution in [0.3, 0.4) is 0 Å². The van der Waals surface area contributed by atoms with Gasteiger partial charge in [0.05, 0.1) is 10.6 Å². The highest BCUT2D eigenvalue weighted by Gasteiger charge is 2.14. The molecule has 0 fully saturated rings. The molecule has 3 aromatic carbocycles. The first-order chi connectivity index (χ1) is 15.1. The first kappa shape index (κ1) is 20.4. The van der Waals surface area contributed by atoms with Gasteiger partial charge in [-0.2, -0.15) is 0 Å². The first-order valence-corrected chi connectivity index (χ1v) is 10.6. The number of aryl methyl sites for hydroxylation is 2. The van der Waals surface area contributed by atoms with E-state index in [4.69, 9.17) is 0 Å². The van der Waals surface area contributed by atoms with Crippen molar-refractivity contribution in [3.8, 4) is 11.3 Å². The highest BCUT2D eigenvalue weighted by atomic mass is 32.1. The van der Waals surface area contributed by atoms with Crippen LogP contribution in [-0.2, 0) is 12.8 Å². The van der Waals surface area contributed by atoms with Crippen molar-refractivity contribution >= 4 is 28.1 Å². The number of non-ortho nitro benzene ring substituents is 1. The van der Waals surface area contributed by atoms with Crippen molar-refractivity contribution in [2.45, 2.75) is 12.8 Å². The molecule has 4 aromatic rings. The molecule has 0 aliphatic carbocycles. The van der Waals surface area contributed by atoms with Gasteiger partial charge in [-0.25, -0.2) is 4.98 Å². The van der Waals surface area contributed by atoms with Crippen molar-refractivity contribution in [2.24, 2.45) is 0 Å². The zero-order chi connectivity index (χ0) is 21.6. The van der Waals surface area contributed by atoms with Gasteiger partial charge in [-0.05, 0) is 42.2 Å². The number of benzene rings is 3. The molecule has 0 saturated carbocycles. The number of rotatable bonds is 7. The van der Waals surface area contributed by atoms with Crippen LogP contribution in [0.2, 0.25) is 0 Å². The van der Waals surface area contributed by atoms with E-state index >= 15 is 0 Å². The van der Waals surface area contributed by atoms with Crippen molar-refractivity contribution in [3.05, 3.63) is 111 Å². The van der Waals surface area contributed by atoms with E-state index in [0.717, 1.165) is 24.0 Å². The number of anilines is 1. The lowest BCUT2D eigenvalue weighted by Gasteiger charge is -2.09. The summed E-state index contributed by atoms with van der Waals surface area (Å²) >= 11 is 1.32. The number of nitrogens with one attached hydrogen (secondary N) is 1. The lowest BCUT2D eigenvalue weighted by molar-refractivity contribution is -0.384. The minimum atomic E-state index is -0.439. The standard InChI is InChI=1S/C24H19N3O3S/c28-23(21-9-5-4-8-18(21)11-10-17-6-2-1-3-7-17)26-24-25-22(16-31-24)19-12-14-20(15-13-19)27(29)30/h1-9,12-16H,10-11H2,(H,25,26,28). The molecule has 1 aromatic heterocycles. The summed E-state index contributed by atoms with van der Waals surface area (Å²) in [4.78, 5) is 27.7. The molecular weight excluding hydrogens is 410 g/mol. The molecule has 0 unspecified atom stereocenters. The maximum atomic E-state index is 12.9. The van der Waals surface area contributed by atoms with Gasteiger partial charge in [0.1, 0.15) is 0 Å². The molecule has 6 nitrogen and oxygen atoms in total. The van der Waals surface area contributed by atoms with E-state index in [2.05, 4.69) is 22.4 Å². The molecule has 154 valence electrons. The van der Waals surface area contributed by atoms with Crippen LogP contribution in [0.4, 0.5) is 10.8 Å². The molecule has 4 rings (SSSR count). The predicted molar refractivity (Wildman–Crippen MR) is 122 cm³/mol. The summed E-state index contributed by atoms with van der Waals surface area (Å²) in [5.41, 5.74) is 4.28. The van der Waals surface area contributed by atoms with Gasteiger partial charge in [-0.3, -0.25) is 20.2 Å². The number of carbonyl (C=O) groups excluding carboxylic acids is 1. The van der Waals surface area contributed by atoms with Crippen LogP contribution >= 0.6 is 11.3 Å². The van der Waals surface area contributed by atoms with Crippen molar-refractivity contribution in [2.75, 3.05) is 5.32 Å². The summed E-state index contributed by atoms with van der Waals surface area (Å²) in [5, 5.41) is 16.0. The van der Waals surface area contributed by atoms with Gasteiger partial charge in [-0.1, -0.05) is 48.5 Å². The Morgan fingerprint density at radius 1 is 0.935 bits per heavy atom. The third-order valence-corrected chi connectivity index (χ3v) is 5.64. The minimum absolute atomic E-state index is 0.0274. The molecule has 0 atom stereocenters. The Hall–Kier alpha value is -3.84. The van der Waals surface area contributed by atoms with Crippen LogP contribution in [0.1, 0.15) is 21.5 Å². The number of nitro groups is 1. The Balaban J connectivity index is 1.46. The second kappa shape index (κ2) is 9.32. The number of aromatic nitrogens is 1. The molecule has 31 heavy (non-hydrogen) atoms. The molecule has 0 aliphatic rings. The largest absolute Gasteiger partial charge is 0.298 e. The van der Waals surface area contributed by atoms with Gasteiger partial charge in [0, 0.05) is 28.6 Å². The summed E-state index contributed by atoms with van der Waals surface area (Å²) in [6.07, 6.45) is 1.62. The molecule has 0 aliphatic heterocycles. The lowest BCUT2D eigenvalue weighted by atomic mass is 9.99. The second-order valence-corrected chi connectivity index (χ2v) is 7.80. The summed E-state index contributed by atoms with van der Waals surface area (Å²) in [6.45, 7) is 0. The number of amides is 1. The van der Waals surface area contributed by atoms with Crippen LogP contribution in [0.5, 0.6) is 0 Å². The molecule has 0 radical (unpaired) electrons. The van der Waals surface area contributed by atoms with E-state index in [1.807, 2.05) is 47.8 Å². The highest BCUT2D eigenvalue weighted by Crippen LogP contribution is 2.27. The van der Waals surface area contributed by atoms with Gasteiger partial charge in [0.15, 0.2) is 5.13 Å². The van der Waals surface area contributed by atoms with Gasteiger partial charge < -0.3 is 0 Å². The quantitative estimate of drug-likeness (QED) is 0.299. The van der Waals surface area contributed by atoms with E-state index in [0.29, 0.717) is 16.4 Å². The Kier molecular flexibility index (Phi) is 6.14. The van der Waals surface area contributed by atoms with Crippen LogP contribution < -0.4 is 5.32 Å². The first-order valence-electron chi connectivity index (χ1n) is 9.74. The maximum absolute atomic E-state index is 12.9. The van der Waals surface area contributed by atoms with E-state index in [1.165, 1.54) is 29.0 Å². The Bertz CT molecular complexity index is 1200. The fraction of sp³-hybridized carbons (Fsp3) is 0.0833. The van der Waals surface area contributed by atoms with Crippen LogP contribution in [0.15, 0.2) is 84.2 Å². The Morgan fingerprint density at radius 3 is 2.39 bits per heavy atom. The van der Waals surface area contributed by atoms with E-state index in [-0.39, 0.29) is 11.6 Å². The molecule has 1 amide bonds. The second-order valence-electron chi connectivity index (χ2n) is 6.94. The number of nitrogens with zero attached hydrogens (tertiary/aromatic N) is 2. The molecular formula is C24H19N3O3S. The van der Waals surface area contributed by atoms with Crippen molar-refractivity contribution < 1.29 is 9.72 Å². The van der Waals surface area contributed by atoms with E-state index < -0.39 is 4.92 Å². The number of thiazole rings is 1. The SMILES string of the molecule is O=C(Nc1nc(-c2ccc([N+](=O)[O-])cc2)cs1)c1ccccc1CCc1ccccc1. The number of hydrogen-bond donors (Lipinski definition) is 1. The predicted octanol–water partition coefficient (Wildman–Crippen LogP) is 5.76. The van der Waals surface area contributed by atoms with Crippen LogP contribution in [-0.4, -0.2) is 15.8 Å². The highest BCUT2D eigenvalue weighted by molar-refractivity contribution is 7.14. The smallest absolute Gasteiger partial charge is 0.269 e. The monoisotopic (exact) mass is 429 g/mol. The zero-order valence-electron chi connectivity index (χ0n) is 16.5. The molecule has 7 heteroatoms. The lowest BCUT2D eigenvalue weighted by Crippen LogP contribution is -2.14. The topological polar surface area (TPSA) is 85.1 Å². The normalized spacial score (nSPS) is 10.6. The number of nitro benzene ring substituents is 1. The molecule has 1 heterocycles. The average molecular weight is 430 g/mol.